The van der Waals surface area contributed by atoms with Crippen molar-refractivity contribution in [2.75, 3.05) is 18.0 Å². The largest absolute Gasteiger partial charge is 0.440 e. The van der Waals surface area contributed by atoms with E-state index in [2.05, 4.69) is 15.4 Å². The van der Waals surface area contributed by atoms with Gasteiger partial charge in [-0.05, 0) is 31.0 Å². The summed E-state index contributed by atoms with van der Waals surface area (Å²) in [4.78, 5) is 25.4. The van der Waals surface area contributed by atoms with Crippen LogP contribution in [0.5, 0.6) is 0 Å². The number of carbonyl (C=O) groups excluding carboxylic acids is 1. The minimum atomic E-state index is -0.454. The van der Waals surface area contributed by atoms with Crippen molar-refractivity contribution in [3.63, 3.8) is 0 Å². The van der Waals surface area contributed by atoms with Crippen molar-refractivity contribution >= 4 is 45.1 Å². The summed E-state index contributed by atoms with van der Waals surface area (Å²) in [5, 5.41) is 15.5. The number of nitro groups is 1. The van der Waals surface area contributed by atoms with Crippen LogP contribution in [-0.2, 0) is 0 Å². The highest BCUT2D eigenvalue weighted by molar-refractivity contribution is 7.20. The molecule has 150 valence electrons. The van der Waals surface area contributed by atoms with Crippen molar-refractivity contribution in [3.05, 3.63) is 57.1 Å². The smallest absolute Gasteiger partial charge is 0.281 e. The van der Waals surface area contributed by atoms with Gasteiger partial charge in [0.25, 0.3) is 11.6 Å². The molecule has 2 aromatic heterocycles. The van der Waals surface area contributed by atoms with Crippen LogP contribution in [0.1, 0.15) is 41.1 Å². The number of hydrazone groups is 1. The van der Waals surface area contributed by atoms with E-state index in [1.54, 1.807) is 12.1 Å². The van der Waals surface area contributed by atoms with Gasteiger partial charge in [-0.25, -0.2) is 5.43 Å². The Morgan fingerprint density at radius 2 is 1.97 bits per heavy atom. The molecule has 1 N–H and O–H groups in total. The van der Waals surface area contributed by atoms with Gasteiger partial charge in [-0.1, -0.05) is 12.8 Å². The second kappa shape index (κ2) is 8.44. The molecule has 0 atom stereocenters. The van der Waals surface area contributed by atoms with Crippen LogP contribution in [0.2, 0.25) is 0 Å². The summed E-state index contributed by atoms with van der Waals surface area (Å²) in [5.74, 6) is 1.02. The summed E-state index contributed by atoms with van der Waals surface area (Å²) in [6.45, 7) is 1.98. The third-order valence-electron chi connectivity index (χ3n) is 4.82. The average molecular weight is 412 g/mol. The lowest BCUT2D eigenvalue weighted by molar-refractivity contribution is -0.384. The lowest BCUT2D eigenvalue weighted by Gasteiger charge is -2.18. The third-order valence-corrected chi connectivity index (χ3v) is 5.94. The van der Waals surface area contributed by atoms with Crippen molar-refractivity contribution in [2.45, 2.75) is 25.7 Å². The second-order valence-electron chi connectivity index (χ2n) is 6.87. The van der Waals surface area contributed by atoms with Crippen LogP contribution >= 0.6 is 11.3 Å². The number of nitrogens with zero attached hydrogens (tertiary/aromatic N) is 3. The molecule has 9 heteroatoms. The number of rotatable bonds is 5. The van der Waals surface area contributed by atoms with Gasteiger partial charge in [0.1, 0.15) is 5.76 Å². The van der Waals surface area contributed by atoms with E-state index in [1.807, 2.05) is 12.1 Å². The Bertz CT molecular complexity index is 1060. The Balaban J connectivity index is 1.39. The quantitative estimate of drug-likeness (QED) is 0.376. The number of hydrogen-bond donors (Lipinski definition) is 1. The lowest BCUT2D eigenvalue weighted by Crippen LogP contribution is -2.23. The lowest BCUT2D eigenvalue weighted by atomic mass is 10.2. The summed E-state index contributed by atoms with van der Waals surface area (Å²) >= 11 is 1.26. The molecule has 1 amide bonds. The SMILES string of the molecule is O=C(NN=Cc1ccc(N2CCCCCC2)o1)c1cc2cc([N+](=O)[O-])ccc2s1. The first-order valence-electron chi connectivity index (χ1n) is 9.46. The average Bonchev–Trinajstić information content (AvgIpc) is 3.27. The maximum Gasteiger partial charge on any atom is 0.281 e. The number of benzene rings is 1. The number of non-ortho nitro benzene ring substituents is 1. The number of fused-ring (bicyclic) bond motifs is 1. The Morgan fingerprint density at radius 1 is 1.17 bits per heavy atom. The number of hydrogen-bond acceptors (Lipinski definition) is 7. The molecule has 1 saturated heterocycles. The molecule has 1 aliphatic rings. The molecule has 0 unspecified atom stereocenters. The van der Waals surface area contributed by atoms with E-state index in [1.165, 1.54) is 55.4 Å². The first-order chi connectivity index (χ1) is 14.1. The van der Waals surface area contributed by atoms with Gasteiger partial charge in [0, 0.05) is 41.4 Å². The van der Waals surface area contributed by atoms with Gasteiger partial charge in [-0.15, -0.1) is 11.3 Å². The molecule has 0 radical (unpaired) electrons. The van der Waals surface area contributed by atoms with E-state index in [-0.39, 0.29) is 11.6 Å². The van der Waals surface area contributed by atoms with Gasteiger partial charge in [0.15, 0.2) is 5.88 Å². The topological polar surface area (TPSA) is 101 Å². The molecular formula is C20H20N4O4S. The number of nitrogens with one attached hydrogen (secondary N) is 1. The van der Waals surface area contributed by atoms with Crippen LogP contribution in [-0.4, -0.2) is 30.1 Å². The van der Waals surface area contributed by atoms with Gasteiger partial charge in [0.2, 0.25) is 0 Å². The Kier molecular flexibility index (Phi) is 5.57. The van der Waals surface area contributed by atoms with Gasteiger partial charge < -0.3 is 9.32 Å². The van der Waals surface area contributed by atoms with E-state index >= 15 is 0 Å². The maximum absolute atomic E-state index is 12.3. The van der Waals surface area contributed by atoms with Crippen molar-refractivity contribution in [1.82, 2.24) is 5.43 Å². The van der Waals surface area contributed by atoms with E-state index in [4.69, 9.17) is 4.42 Å². The normalized spacial score (nSPS) is 15.0. The zero-order valence-electron chi connectivity index (χ0n) is 15.7. The zero-order valence-corrected chi connectivity index (χ0v) is 16.5. The van der Waals surface area contributed by atoms with Crippen LogP contribution in [0, 0.1) is 10.1 Å². The minimum Gasteiger partial charge on any atom is -0.440 e. The number of nitro benzene ring substituents is 1. The minimum absolute atomic E-state index is 0.00156. The van der Waals surface area contributed by atoms with Gasteiger partial charge in [-0.2, -0.15) is 5.10 Å². The van der Waals surface area contributed by atoms with Crippen molar-refractivity contribution in [2.24, 2.45) is 5.10 Å². The highest BCUT2D eigenvalue weighted by Crippen LogP contribution is 2.29. The Hall–Kier alpha value is -3.20. The van der Waals surface area contributed by atoms with Crippen LogP contribution < -0.4 is 10.3 Å². The molecule has 0 spiro atoms. The van der Waals surface area contributed by atoms with E-state index in [0.717, 1.165) is 23.7 Å². The van der Waals surface area contributed by atoms with Gasteiger partial charge >= 0.3 is 0 Å². The molecule has 29 heavy (non-hydrogen) atoms. The maximum atomic E-state index is 12.3. The predicted octanol–water partition coefficient (Wildman–Crippen LogP) is 4.55. The third kappa shape index (κ3) is 4.45. The molecule has 1 aliphatic heterocycles. The standard InChI is InChI=1S/C20H20N4O4S/c25-20(18-12-14-11-15(24(26)27)5-7-17(14)29-18)22-21-13-16-6-8-19(28-16)23-9-3-1-2-4-10-23/h5-8,11-13H,1-4,9-10H2,(H,22,25). The Morgan fingerprint density at radius 3 is 2.72 bits per heavy atom. The fourth-order valence-electron chi connectivity index (χ4n) is 3.34. The summed E-state index contributed by atoms with van der Waals surface area (Å²) in [7, 11) is 0. The van der Waals surface area contributed by atoms with Gasteiger partial charge in [-0.3, -0.25) is 14.9 Å². The fourth-order valence-corrected chi connectivity index (χ4v) is 4.27. The number of carbonyl (C=O) groups is 1. The molecule has 3 heterocycles. The summed E-state index contributed by atoms with van der Waals surface area (Å²) in [5.41, 5.74) is 2.48. The highest BCUT2D eigenvalue weighted by Gasteiger charge is 2.14. The first kappa shape index (κ1) is 19.1. The summed E-state index contributed by atoms with van der Waals surface area (Å²) in [6.07, 6.45) is 6.31. The van der Waals surface area contributed by atoms with Crippen LogP contribution in [0.4, 0.5) is 11.6 Å². The molecule has 8 nitrogen and oxygen atoms in total. The summed E-state index contributed by atoms with van der Waals surface area (Å²) < 4.78 is 6.62. The Labute approximate surface area is 171 Å². The zero-order chi connectivity index (χ0) is 20.2. The monoisotopic (exact) mass is 412 g/mol. The molecule has 4 rings (SSSR count). The number of amides is 1. The molecule has 0 aliphatic carbocycles. The summed E-state index contributed by atoms with van der Waals surface area (Å²) in [6, 6.07) is 9.91. The molecular weight excluding hydrogens is 392 g/mol. The van der Waals surface area contributed by atoms with Crippen LogP contribution in [0.25, 0.3) is 10.1 Å². The predicted molar refractivity (Wildman–Crippen MR) is 113 cm³/mol. The fraction of sp³-hybridized carbons (Fsp3) is 0.300. The van der Waals surface area contributed by atoms with Gasteiger partial charge in [0.05, 0.1) is 16.0 Å². The molecule has 0 bridgehead atoms. The number of anilines is 1. The van der Waals surface area contributed by atoms with Crippen LogP contribution in [0.3, 0.4) is 0 Å². The number of furan rings is 1. The van der Waals surface area contributed by atoms with Crippen molar-refractivity contribution in [1.29, 1.82) is 0 Å². The van der Waals surface area contributed by atoms with Crippen LogP contribution in [0.15, 0.2) is 45.9 Å². The molecule has 1 fully saturated rings. The van der Waals surface area contributed by atoms with E-state index in [0.29, 0.717) is 16.0 Å². The molecule has 1 aromatic carbocycles. The second-order valence-corrected chi connectivity index (χ2v) is 7.95. The first-order valence-corrected chi connectivity index (χ1v) is 10.3. The molecule has 3 aromatic rings. The number of thiophene rings is 1. The van der Waals surface area contributed by atoms with E-state index in [9.17, 15) is 14.9 Å². The van der Waals surface area contributed by atoms with Crippen molar-refractivity contribution in [3.8, 4) is 0 Å². The van der Waals surface area contributed by atoms with Crippen molar-refractivity contribution < 1.29 is 14.1 Å². The molecule has 0 saturated carbocycles. The highest BCUT2D eigenvalue weighted by atomic mass is 32.1. The van der Waals surface area contributed by atoms with E-state index < -0.39 is 4.92 Å².